The Morgan fingerprint density at radius 1 is 1.26 bits per heavy atom. The maximum atomic E-state index is 11.5. The third-order valence-corrected chi connectivity index (χ3v) is 5.64. The third-order valence-electron chi connectivity index (χ3n) is 4.64. The number of likely N-dealkylation sites (tertiary alicyclic amines) is 1. The van der Waals surface area contributed by atoms with E-state index in [9.17, 15) is 4.79 Å². The first-order chi connectivity index (χ1) is 12.6. The molecule has 5 nitrogen and oxygen atoms in total. The van der Waals surface area contributed by atoms with Gasteiger partial charge in [-0.2, -0.15) is 0 Å². The normalized spacial score (nSPS) is 15.2. The van der Waals surface area contributed by atoms with Gasteiger partial charge in [0, 0.05) is 43.8 Å². The van der Waals surface area contributed by atoms with Crippen LogP contribution in [-0.2, 0) is 4.79 Å². The number of hydrogen-bond donors (Lipinski definition) is 2. The van der Waals surface area contributed by atoms with Crippen LogP contribution in [0.5, 0.6) is 0 Å². The van der Waals surface area contributed by atoms with Gasteiger partial charge in [0.1, 0.15) is 0 Å². The molecule has 1 aliphatic heterocycles. The lowest BCUT2D eigenvalue weighted by Gasteiger charge is -2.34. The molecule has 27 heavy (non-hydrogen) atoms. The number of piperidine rings is 1. The van der Waals surface area contributed by atoms with E-state index in [1.807, 2.05) is 11.8 Å². The van der Waals surface area contributed by atoms with Gasteiger partial charge in [-0.05, 0) is 44.7 Å². The van der Waals surface area contributed by atoms with E-state index in [0.29, 0.717) is 12.3 Å². The number of rotatable bonds is 7. The first-order valence-electron chi connectivity index (χ1n) is 9.55. The summed E-state index contributed by atoms with van der Waals surface area (Å²) in [6, 6.07) is 8.65. The molecule has 0 saturated carbocycles. The largest absolute Gasteiger partial charge is 0.359 e. The van der Waals surface area contributed by atoms with Crippen molar-refractivity contribution in [3.63, 3.8) is 0 Å². The van der Waals surface area contributed by atoms with Gasteiger partial charge in [-0.1, -0.05) is 17.7 Å². The van der Waals surface area contributed by atoms with Crippen molar-refractivity contribution in [2.24, 2.45) is 10.9 Å². The van der Waals surface area contributed by atoms with Crippen molar-refractivity contribution in [3.05, 3.63) is 29.8 Å². The van der Waals surface area contributed by atoms with E-state index in [-0.39, 0.29) is 29.9 Å². The molecule has 1 amide bonds. The van der Waals surface area contributed by atoms with Gasteiger partial charge in [-0.15, -0.1) is 35.7 Å². The van der Waals surface area contributed by atoms with Crippen LogP contribution in [0.25, 0.3) is 0 Å². The molecule has 0 atom stereocenters. The number of nitrogens with one attached hydrogen (secondary N) is 2. The summed E-state index contributed by atoms with van der Waals surface area (Å²) in [7, 11) is 1.71. The van der Waals surface area contributed by atoms with Gasteiger partial charge < -0.3 is 15.5 Å². The minimum Gasteiger partial charge on any atom is -0.359 e. The minimum atomic E-state index is 0. The molecule has 1 aliphatic rings. The summed E-state index contributed by atoms with van der Waals surface area (Å²) < 4.78 is 0. The average molecular weight is 504 g/mol. The van der Waals surface area contributed by atoms with Gasteiger partial charge in [-0.3, -0.25) is 9.79 Å². The summed E-state index contributed by atoms with van der Waals surface area (Å²) in [4.78, 5) is 20.0. The molecule has 0 spiro atoms. The topological polar surface area (TPSA) is 56.7 Å². The molecule has 0 aliphatic carbocycles. The highest BCUT2D eigenvalue weighted by molar-refractivity contribution is 14.0. The number of hydrogen-bond acceptors (Lipinski definition) is 3. The Morgan fingerprint density at radius 2 is 1.93 bits per heavy atom. The van der Waals surface area contributed by atoms with Crippen LogP contribution >= 0.6 is 35.7 Å². The van der Waals surface area contributed by atoms with Crippen LogP contribution in [0.4, 0.5) is 0 Å². The van der Waals surface area contributed by atoms with Crippen molar-refractivity contribution >= 4 is 47.6 Å². The summed E-state index contributed by atoms with van der Waals surface area (Å²) in [5.41, 5.74) is 1.29. The molecular weight excluding hydrogens is 471 g/mol. The van der Waals surface area contributed by atoms with Crippen LogP contribution in [0, 0.1) is 12.8 Å². The number of carbonyl (C=O) groups excluding carboxylic acids is 1. The zero-order chi connectivity index (χ0) is 18.8. The van der Waals surface area contributed by atoms with Crippen molar-refractivity contribution in [1.82, 2.24) is 15.5 Å². The first kappa shape index (κ1) is 24.1. The fourth-order valence-electron chi connectivity index (χ4n) is 3.09. The van der Waals surface area contributed by atoms with Crippen LogP contribution in [-0.4, -0.2) is 55.7 Å². The number of amides is 1. The number of aryl methyl sites for hydroxylation is 1. The lowest BCUT2D eigenvalue weighted by Crippen LogP contribution is -2.46. The van der Waals surface area contributed by atoms with Gasteiger partial charge in [0.25, 0.3) is 0 Å². The van der Waals surface area contributed by atoms with E-state index in [1.54, 1.807) is 7.05 Å². The predicted octanol–water partition coefficient (Wildman–Crippen LogP) is 3.52. The highest BCUT2D eigenvalue weighted by Crippen LogP contribution is 2.21. The molecular formula is C20H33IN4OS. The van der Waals surface area contributed by atoms with E-state index in [2.05, 4.69) is 53.6 Å². The van der Waals surface area contributed by atoms with Crippen molar-refractivity contribution in [3.8, 4) is 0 Å². The molecule has 7 heteroatoms. The van der Waals surface area contributed by atoms with Crippen molar-refractivity contribution in [1.29, 1.82) is 0 Å². The fourth-order valence-corrected chi connectivity index (χ4v) is 3.84. The number of halogens is 1. The van der Waals surface area contributed by atoms with Gasteiger partial charge in [0.05, 0.1) is 6.54 Å². The number of aliphatic imine (C=N–C) groups is 1. The maximum Gasteiger partial charge on any atom is 0.220 e. The number of guanidine groups is 1. The Kier molecular flexibility index (Phi) is 11.8. The Hall–Kier alpha value is -0.960. The van der Waals surface area contributed by atoms with E-state index in [1.165, 1.54) is 10.5 Å². The van der Waals surface area contributed by atoms with Crippen LogP contribution in [0.15, 0.2) is 34.2 Å². The Bertz CT molecular complexity index is 586. The van der Waals surface area contributed by atoms with Gasteiger partial charge in [0.2, 0.25) is 5.91 Å². The summed E-state index contributed by atoms with van der Waals surface area (Å²) in [5.74, 6) is 2.63. The van der Waals surface area contributed by atoms with Crippen molar-refractivity contribution < 1.29 is 4.79 Å². The van der Waals surface area contributed by atoms with Crippen molar-refractivity contribution in [2.45, 2.75) is 38.0 Å². The Morgan fingerprint density at radius 3 is 2.52 bits per heavy atom. The second-order valence-electron chi connectivity index (χ2n) is 6.70. The SMILES string of the molecule is CCNC(=NCCSc1ccc(C)cc1)N1CCC(CC(=O)NC)CC1.I. The highest BCUT2D eigenvalue weighted by Gasteiger charge is 2.22. The maximum absolute atomic E-state index is 11.5. The van der Waals surface area contributed by atoms with Gasteiger partial charge in [0.15, 0.2) is 5.96 Å². The molecule has 1 aromatic rings. The summed E-state index contributed by atoms with van der Waals surface area (Å²) >= 11 is 1.85. The number of carbonyl (C=O) groups is 1. The monoisotopic (exact) mass is 504 g/mol. The van der Waals surface area contributed by atoms with Gasteiger partial charge in [-0.25, -0.2) is 0 Å². The van der Waals surface area contributed by atoms with Crippen LogP contribution < -0.4 is 10.6 Å². The standard InChI is InChI=1S/C20H32N4OS.HI/c1-4-22-20(23-11-14-26-18-7-5-16(2)6-8-18)24-12-9-17(10-13-24)15-19(25)21-3;/h5-8,17H,4,9-15H2,1-3H3,(H,21,25)(H,22,23);1H. The van der Waals surface area contributed by atoms with E-state index in [0.717, 1.165) is 50.7 Å². The summed E-state index contributed by atoms with van der Waals surface area (Å²) in [5, 5.41) is 6.14. The molecule has 152 valence electrons. The Balaban J connectivity index is 0.00000364. The predicted molar refractivity (Wildman–Crippen MR) is 126 cm³/mol. The van der Waals surface area contributed by atoms with E-state index in [4.69, 9.17) is 4.99 Å². The second-order valence-corrected chi connectivity index (χ2v) is 7.87. The van der Waals surface area contributed by atoms with E-state index >= 15 is 0 Å². The molecule has 0 bridgehead atoms. The molecule has 2 N–H and O–H groups in total. The Labute approximate surface area is 185 Å². The quantitative estimate of drug-likeness (QED) is 0.196. The van der Waals surface area contributed by atoms with E-state index < -0.39 is 0 Å². The highest BCUT2D eigenvalue weighted by atomic mass is 127. The summed E-state index contributed by atoms with van der Waals surface area (Å²) in [6.07, 6.45) is 2.75. The smallest absolute Gasteiger partial charge is 0.220 e. The molecule has 1 aromatic carbocycles. The molecule has 0 aromatic heterocycles. The first-order valence-corrected chi connectivity index (χ1v) is 10.5. The number of thioether (sulfide) groups is 1. The summed E-state index contributed by atoms with van der Waals surface area (Å²) in [6.45, 7) is 7.84. The molecule has 0 radical (unpaired) electrons. The zero-order valence-corrected chi connectivity index (χ0v) is 19.8. The van der Waals surface area contributed by atoms with Crippen LogP contribution in [0.3, 0.4) is 0 Å². The minimum absolute atomic E-state index is 0. The number of benzene rings is 1. The van der Waals surface area contributed by atoms with Crippen LogP contribution in [0.1, 0.15) is 31.7 Å². The zero-order valence-electron chi connectivity index (χ0n) is 16.7. The van der Waals surface area contributed by atoms with Crippen LogP contribution in [0.2, 0.25) is 0 Å². The third kappa shape index (κ3) is 8.72. The molecule has 1 heterocycles. The molecule has 1 saturated heterocycles. The average Bonchev–Trinajstić information content (AvgIpc) is 2.66. The van der Waals surface area contributed by atoms with Gasteiger partial charge >= 0.3 is 0 Å². The number of nitrogens with zero attached hydrogens (tertiary/aromatic N) is 2. The molecule has 2 rings (SSSR count). The molecule has 0 unspecified atom stereocenters. The second kappa shape index (κ2) is 13.3. The lowest BCUT2D eigenvalue weighted by atomic mass is 9.93. The molecule has 1 fully saturated rings. The fraction of sp³-hybridized carbons (Fsp3) is 0.600. The van der Waals surface area contributed by atoms with Crippen molar-refractivity contribution in [2.75, 3.05) is 39.0 Å². The lowest BCUT2D eigenvalue weighted by molar-refractivity contribution is -0.121.